The second-order valence-electron chi connectivity index (χ2n) is 3.51. The van der Waals surface area contributed by atoms with Gasteiger partial charge < -0.3 is 11.1 Å². The number of carbonyl (C=O) groups excluding carboxylic acids is 1. The first-order chi connectivity index (χ1) is 7.11. The molecule has 1 rings (SSSR count). The Morgan fingerprint density at radius 1 is 1.56 bits per heavy atom. The minimum absolute atomic E-state index is 0. The molecule has 5 heteroatoms. The maximum atomic E-state index is 11.5. The number of amides is 1. The van der Waals surface area contributed by atoms with Crippen LogP contribution in [-0.4, -0.2) is 18.5 Å². The van der Waals surface area contributed by atoms with Gasteiger partial charge in [-0.2, -0.15) is 0 Å². The molecule has 1 aromatic carbocycles. The van der Waals surface area contributed by atoms with Crippen LogP contribution in [0.1, 0.15) is 12.5 Å². The quantitative estimate of drug-likeness (QED) is 0.869. The lowest BCUT2D eigenvalue weighted by Crippen LogP contribution is -2.38. The second-order valence-corrected chi connectivity index (χ2v) is 3.95. The summed E-state index contributed by atoms with van der Waals surface area (Å²) in [6.07, 6.45) is 0.338. The first kappa shape index (κ1) is 15.2. The highest BCUT2D eigenvalue weighted by Crippen LogP contribution is 2.10. The van der Waals surface area contributed by atoms with Gasteiger partial charge in [0.1, 0.15) is 0 Å². The third-order valence-corrected chi connectivity index (χ3v) is 2.25. The summed E-state index contributed by atoms with van der Waals surface area (Å²) in [6.45, 7) is 2.32. The van der Waals surface area contributed by atoms with Crippen molar-refractivity contribution in [2.24, 2.45) is 5.73 Å². The highest BCUT2D eigenvalue weighted by molar-refractivity contribution is 6.30. The molecular formula is C11H16Cl2N2O. The van der Waals surface area contributed by atoms with Crippen molar-refractivity contribution in [3.8, 4) is 0 Å². The molecule has 0 aromatic heterocycles. The molecule has 0 radical (unpaired) electrons. The van der Waals surface area contributed by atoms with Crippen molar-refractivity contribution in [2.75, 3.05) is 6.54 Å². The molecule has 90 valence electrons. The molecule has 0 saturated heterocycles. The highest BCUT2D eigenvalue weighted by Gasteiger charge is 2.06. The van der Waals surface area contributed by atoms with Crippen LogP contribution in [0.5, 0.6) is 0 Å². The third kappa shape index (κ3) is 5.35. The van der Waals surface area contributed by atoms with E-state index in [1.165, 1.54) is 0 Å². The van der Waals surface area contributed by atoms with E-state index in [2.05, 4.69) is 5.32 Å². The summed E-state index contributed by atoms with van der Waals surface area (Å²) in [7, 11) is 0. The van der Waals surface area contributed by atoms with E-state index in [-0.39, 0.29) is 24.4 Å². The van der Waals surface area contributed by atoms with Crippen LogP contribution in [0.4, 0.5) is 0 Å². The van der Waals surface area contributed by atoms with Crippen molar-refractivity contribution < 1.29 is 4.79 Å². The number of nitrogens with one attached hydrogen (secondary N) is 1. The number of nitrogens with two attached hydrogens (primary N) is 1. The lowest BCUT2D eigenvalue weighted by Gasteiger charge is -2.11. The van der Waals surface area contributed by atoms with Gasteiger partial charge in [-0.15, -0.1) is 12.4 Å². The van der Waals surface area contributed by atoms with Crippen molar-refractivity contribution in [3.63, 3.8) is 0 Å². The maximum absolute atomic E-state index is 11.5. The molecule has 3 nitrogen and oxygen atoms in total. The number of carbonyl (C=O) groups is 1. The molecule has 0 fully saturated rings. The van der Waals surface area contributed by atoms with Crippen LogP contribution in [0, 0.1) is 0 Å². The number of rotatable bonds is 4. The molecule has 16 heavy (non-hydrogen) atoms. The molecule has 0 saturated carbocycles. The van der Waals surface area contributed by atoms with Crippen LogP contribution in [0.3, 0.4) is 0 Å². The Balaban J connectivity index is 0.00000225. The molecule has 1 aromatic rings. The van der Waals surface area contributed by atoms with Crippen LogP contribution >= 0.6 is 24.0 Å². The van der Waals surface area contributed by atoms with Gasteiger partial charge in [0, 0.05) is 17.6 Å². The third-order valence-electron chi connectivity index (χ3n) is 2.01. The Hall–Kier alpha value is -0.770. The molecule has 1 atom stereocenters. The van der Waals surface area contributed by atoms with Crippen molar-refractivity contribution in [1.82, 2.24) is 5.32 Å². The van der Waals surface area contributed by atoms with Gasteiger partial charge in [-0.3, -0.25) is 4.79 Å². The summed E-state index contributed by atoms with van der Waals surface area (Å²) in [5.41, 5.74) is 6.31. The molecular weight excluding hydrogens is 247 g/mol. The number of hydrogen-bond acceptors (Lipinski definition) is 2. The number of benzene rings is 1. The van der Waals surface area contributed by atoms with Crippen LogP contribution in [0.15, 0.2) is 24.3 Å². The van der Waals surface area contributed by atoms with E-state index in [4.69, 9.17) is 17.3 Å². The van der Waals surface area contributed by atoms with Gasteiger partial charge in [0.2, 0.25) is 5.91 Å². The molecule has 0 heterocycles. The van der Waals surface area contributed by atoms with Gasteiger partial charge in [0.15, 0.2) is 0 Å². The second kappa shape index (κ2) is 7.49. The van der Waals surface area contributed by atoms with Gasteiger partial charge in [-0.1, -0.05) is 23.7 Å². The van der Waals surface area contributed by atoms with Crippen molar-refractivity contribution in [2.45, 2.75) is 19.4 Å². The van der Waals surface area contributed by atoms with Crippen LogP contribution < -0.4 is 11.1 Å². The van der Waals surface area contributed by atoms with E-state index < -0.39 is 0 Å². The molecule has 1 amide bonds. The van der Waals surface area contributed by atoms with Gasteiger partial charge in [0.05, 0.1) is 6.42 Å². The predicted octanol–water partition coefficient (Wildman–Crippen LogP) is 1.77. The number of hydrogen-bond donors (Lipinski definition) is 2. The fraction of sp³-hybridized carbons (Fsp3) is 0.364. The van der Waals surface area contributed by atoms with E-state index in [0.717, 1.165) is 5.56 Å². The molecule has 0 bridgehead atoms. The zero-order valence-corrected chi connectivity index (χ0v) is 10.6. The lowest BCUT2D eigenvalue weighted by molar-refractivity contribution is -0.120. The molecule has 0 aliphatic carbocycles. The Bertz CT molecular complexity index is 345. The summed E-state index contributed by atoms with van der Waals surface area (Å²) in [4.78, 5) is 11.5. The van der Waals surface area contributed by atoms with Gasteiger partial charge in [0.25, 0.3) is 0 Å². The zero-order chi connectivity index (χ0) is 11.3. The SMILES string of the molecule is C[C@@H](CN)NC(=O)Cc1cccc(Cl)c1.Cl. The van der Waals surface area contributed by atoms with Gasteiger partial charge in [-0.25, -0.2) is 0 Å². The van der Waals surface area contributed by atoms with E-state index in [0.29, 0.717) is 18.0 Å². The van der Waals surface area contributed by atoms with E-state index >= 15 is 0 Å². The van der Waals surface area contributed by atoms with E-state index in [1.54, 1.807) is 12.1 Å². The lowest BCUT2D eigenvalue weighted by atomic mass is 10.1. The highest BCUT2D eigenvalue weighted by atomic mass is 35.5. The Kier molecular flexibility index (Phi) is 7.13. The predicted molar refractivity (Wildman–Crippen MR) is 69.1 cm³/mol. The van der Waals surface area contributed by atoms with Crippen LogP contribution in [-0.2, 0) is 11.2 Å². The maximum Gasteiger partial charge on any atom is 0.224 e. The molecule has 0 aliphatic heterocycles. The van der Waals surface area contributed by atoms with Gasteiger partial charge >= 0.3 is 0 Å². The summed E-state index contributed by atoms with van der Waals surface area (Å²) in [5.74, 6) is -0.0322. The van der Waals surface area contributed by atoms with E-state index in [9.17, 15) is 4.79 Å². The summed E-state index contributed by atoms with van der Waals surface area (Å²) >= 11 is 5.81. The molecule has 0 unspecified atom stereocenters. The minimum atomic E-state index is -0.0322. The molecule has 0 aliphatic rings. The average Bonchev–Trinajstić information content (AvgIpc) is 2.17. The summed E-state index contributed by atoms with van der Waals surface area (Å²) in [6, 6.07) is 7.28. The monoisotopic (exact) mass is 262 g/mol. The van der Waals surface area contributed by atoms with Crippen molar-refractivity contribution >= 4 is 29.9 Å². The Morgan fingerprint density at radius 2 is 2.25 bits per heavy atom. The summed E-state index contributed by atoms with van der Waals surface area (Å²) in [5, 5.41) is 3.44. The number of halogens is 2. The molecule has 0 spiro atoms. The van der Waals surface area contributed by atoms with Crippen molar-refractivity contribution in [1.29, 1.82) is 0 Å². The van der Waals surface area contributed by atoms with Crippen LogP contribution in [0.2, 0.25) is 5.02 Å². The van der Waals surface area contributed by atoms with Gasteiger partial charge in [-0.05, 0) is 24.6 Å². The first-order valence-electron chi connectivity index (χ1n) is 4.85. The average molecular weight is 263 g/mol. The normalized spacial score (nSPS) is 11.4. The fourth-order valence-electron chi connectivity index (χ4n) is 1.22. The fourth-order valence-corrected chi connectivity index (χ4v) is 1.43. The first-order valence-corrected chi connectivity index (χ1v) is 5.23. The van der Waals surface area contributed by atoms with E-state index in [1.807, 2.05) is 19.1 Å². The minimum Gasteiger partial charge on any atom is -0.352 e. The summed E-state index contributed by atoms with van der Waals surface area (Å²) < 4.78 is 0. The standard InChI is InChI=1S/C11H15ClN2O.ClH/c1-8(7-13)14-11(15)6-9-3-2-4-10(12)5-9;/h2-5,8H,6-7,13H2,1H3,(H,14,15);1H/t8-;/m0./s1. The topological polar surface area (TPSA) is 55.1 Å². The van der Waals surface area contributed by atoms with Crippen LogP contribution in [0.25, 0.3) is 0 Å². The molecule has 3 N–H and O–H groups in total. The smallest absolute Gasteiger partial charge is 0.224 e. The Morgan fingerprint density at radius 3 is 2.81 bits per heavy atom. The van der Waals surface area contributed by atoms with Crippen molar-refractivity contribution in [3.05, 3.63) is 34.9 Å². The largest absolute Gasteiger partial charge is 0.352 e. The zero-order valence-electron chi connectivity index (χ0n) is 9.07. The Labute approximate surface area is 107 Å².